The molecular formula is C17H31NO. The number of nitrogens with zero attached hydrogens (tertiary/aromatic N) is 1. The molecule has 0 N–H and O–H groups in total. The molecule has 0 spiro atoms. The summed E-state index contributed by atoms with van der Waals surface area (Å²) in [6, 6.07) is 0.628. The Balaban J connectivity index is 2.11. The Kier molecular flexibility index (Phi) is 4.42. The zero-order valence-corrected chi connectivity index (χ0v) is 13.6. The van der Waals surface area contributed by atoms with Crippen LogP contribution in [0.15, 0.2) is 11.6 Å². The summed E-state index contributed by atoms with van der Waals surface area (Å²) in [5, 5.41) is 2.26. The van der Waals surface area contributed by atoms with Crippen molar-refractivity contribution < 1.29 is 4.84 Å². The highest BCUT2D eigenvalue weighted by molar-refractivity contribution is 5.02. The van der Waals surface area contributed by atoms with Crippen LogP contribution in [-0.2, 0) is 4.84 Å². The second kappa shape index (κ2) is 5.57. The van der Waals surface area contributed by atoms with Gasteiger partial charge in [0.2, 0.25) is 0 Å². The average molecular weight is 265 g/mol. The Morgan fingerprint density at radius 2 is 2.00 bits per heavy atom. The Bertz CT molecular complexity index is 343. The van der Waals surface area contributed by atoms with Gasteiger partial charge in [-0.1, -0.05) is 25.5 Å². The lowest BCUT2D eigenvalue weighted by Gasteiger charge is -2.40. The molecule has 1 saturated carbocycles. The van der Waals surface area contributed by atoms with Gasteiger partial charge in [0.15, 0.2) is 0 Å². The maximum Gasteiger partial charge on any atom is 0.0887 e. The lowest BCUT2D eigenvalue weighted by atomic mass is 9.67. The molecule has 1 aliphatic carbocycles. The zero-order valence-electron chi connectivity index (χ0n) is 13.6. The van der Waals surface area contributed by atoms with Crippen LogP contribution in [0.4, 0.5) is 0 Å². The largest absolute Gasteiger partial charge is 0.292 e. The molecule has 0 aromatic heterocycles. The molecule has 2 aliphatic rings. The molecule has 0 aromatic carbocycles. The topological polar surface area (TPSA) is 12.5 Å². The van der Waals surface area contributed by atoms with Crippen molar-refractivity contribution in [2.24, 2.45) is 17.8 Å². The zero-order chi connectivity index (χ0) is 14.2. The molecule has 1 unspecified atom stereocenters. The molecule has 1 aliphatic heterocycles. The maximum absolute atomic E-state index is 6.21. The predicted molar refractivity (Wildman–Crippen MR) is 80.8 cm³/mol. The number of hydroxylamine groups is 2. The summed E-state index contributed by atoms with van der Waals surface area (Å²) in [5.74, 6) is 2.27. The third-order valence-electron chi connectivity index (χ3n) is 5.04. The molecule has 0 amide bonds. The molecule has 0 bridgehead atoms. The van der Waals surface area contributed by atoms with E-state index in [9.17, 15) is 0 Å². The molecule has 2 rings (SSSR count). The first-order valence-electron chi connectivity index (χ1n) is 7.94. The van der Waals surface area contributed by atoms with Crippen LogP contribution in [0.2, 0.25) is 0 Å². The Morgan fingerprint density at radius 3 is 2.58 bits per heavy atom. The van der Waals surface area contributed by atoms with E-state index in [1.807, 2.05) is 0 Å². The van der Waals surface area contributed by atoms with E-state index in [1.165, 1.54) is 24.8 Å². The van der Waals surface area contributed by atoms with Gasteiger partial charge in [-0.25, -0.2) is 0 Å². The van der Waals surface area contributed by atoms with Crippen molar-refractivity contribution in [1.82, 2.24) is 5.06 Å². The van der Waals surface area contributed by atoms with Gasteiger partial charge in [0.1, 0.15) is 0 Å². The SMILES string of the molecule is CCN1OC(C)(C)[C@H]2C[C@@H](CC=C(C)C)CC(C)[C@@H]21. The first kappa shape index (κ1) is 15.1. The van der Waals surface area contributed by atoms with Gasteiger partial charge < -0.3 is 0 Å². The van der Waals surface area contributed by atoms with Crippen LogP contribution >= 0.6 is 0 Å². The summed E-state index contributed by atoms with van der Waals surface area (Å²) in [6.07, 6.45) is 6.33. The highest BCUT2D eigenvalue weighted by Crippen LogP contribution is 2.49. The van der Waals surface area contributed by atoms with Gasteiger partial charge in [-0.2, -0.15) is 5.06 Å². The molecular weight excluding hydrogens is 234 g/mol. The standard InChI is InChI=1S/C17H31NO/c1-7-18-16-13(4)10-14(9-8-12(2)3)11-15(16)17(5,6)19-18/h8,13-16H,7,9-11H2,1-6H3/t13?,14-,15-,16-/m0/s1. The van der Waals surface area contributed by atoms with Crippen LogP contribution in [0, 0.1) is 17.8 Å². The van der Waals surface area contributed by atoms with Crippen molar-refractivity contribution in [3.05, 3.63) is 11.6 Å². The summed E-state index contributed by atoms with van der Waals surface area (Å²) < 4.78 is 0. The lowest BCUT2D eigenvalue weighted by molar-refractivity contribution is -0.195. The average Bonchev–Trinajstić information content (AvgIpc) is 2.59. The van der Waals surface area contributed by atoms with E-state index < -0.39 is 0 Å². The molecule has 19 heavy (non-hydrogen) atoms. The van der Waals surface area contributed by atoms with Crippen molar-refractivity contribution in [3.8, 4) is 0 Å². The van der Waals surface area contributed by atoms with Crippen LogP contribution in [0.1, 0.15) is 60.8 Å². The van der Waals surface area contributed by atoms with Gasteiger partial charge in [0.05, 0.1) is 5.60 Å². The van der Waals surface area contributed by atoms with E-state index in [2.05, 4.69) is 52.7 Å². The first-order valence-corrected chi connectivity index (χ1v) is 7.94. The van der Waals surface area contributed by atoms with E-state index >= 15 is 0 Å². The summed E-state index contributed by atoms with van der Waals surface area (Å²) in [4.78, 5) is 6.21. The number of rotatable bonds is 3. The van der Waals surface area contributed by atoms with Crippen molar-refractivity contribution in [3.63, 3.8) is 0 Å². The van der Waals surface area contributed by atoms with Crippen LogP contribution in [-0.4, -0.2) is 23.3 Å². The molecule has 0 aromatic rings. The van der Waals surface area contributed by atoms with Gasteiger partial charge in [-0.3, -0.25) is 4.84 Å². The van der Waals surface area contributed by atoms with Gasteiger partial charge in [0.25, 0.3) is 0 Å². The minimum Gasteiger partial charge on any atom is -0.292 e. The molecule has 2 nitrogen and oxygen atoms in total. The van der Waals surface area contributed by atoms with Crippen LogP contribution in [0.25, 0.3) is 0 Å². The number of allylic oxidation sites excluding steroid dienone is 2. The Labute approximate surface area is 119 Å². The van der Waals surface area contributed by atoms with Crippen molar-refractivity contribution in [2.75, 3.05) is 6.54 Å². The normalized spacial score (nSPS) is 38.0. The predicted octanol–water partition coefficient (Wildman–Crippen LogP) is 4.42. The molecule has 1 heterocycles. The van der Waals surface area contributed by atoms with Gasteiger partial charge in [0, 0.05) is 18.5 Å². The molecule has 2 fully saturated rings. The Morgan fingerprint density at radius 1 is 1.32 bits per heavy atom. The van der Waals surface area contributed by atoms with E-state index in [4.69, 9.17) is 4.84 Å². The summed E-state index contributed by atoms with van der Waals surface area (Å²) in [7, 11) is 0. The Hall–Kier alpha value is -0.340. The quantitative estimate of drug-likeness (QED) is 0.700. The second-order valence-corrected chi connectivity index (χ2v) is 7.36. The fourth-order valence-electron chi connectivity index (χ4n) is 4.14. The summed E-state index contributed by atoms with van der Waals surface area (Å²) in [5.41, 5.74) is 1.46. The van der Waals surface area contributed by atoms with Crippen molar-refractivity contribution in [1.29, 1.82) is 0 Å². The lowest BCUT2D eigenvalue weighted by Crippen LogP contribution is -2.44. The highest BCUT2D eigenvalue weighted by Gasteiger charge is 2.52. The van der Waals surface area contributed by atoms with E-state index in [1.54, 1.807) is 0 Å². The maximum atomic E-state index is 6.21. The van der Waals surface area contributed by atoms with E-state index in [0.29, 0.717) is 12.0 Å². The van der Waals surface area contributed by atoms with E-state index in [0.717, 1.165) is 18.4 Å². The van der Waals surface area contributed by atoms with Crippen LogP contribution in [0.3, 0.4) is 0 Å². The third kappa shape index (κ3) is 3.05. The molecule has 2 heteroatoms. The number of fused-ring (bicyclic) bond motifs is 1. The number of hydrogen-bond acceptors (Lipinski definition) is 2. The van der Waals surface area contributed by atoms with Crippen LogP contribution < -0.4 is 0 Å². The van der Waals surface area contributed by atoms with Gasteiger partial charge in [-0.15, -0.1) is 0 Å². The highest BCUT2D eigenvalue weighted by atomic mass is 16.7. The van der Waals surface area contributed by atoms with E-state index in [-0.39, 0.29) is 5.60 Å². The fourth-order valence-corrected chi connectivity index (χ4v) is 4.14. The molecule has 0 radical (unpaired) electrons. The van der Waals surface area contributed by atoms with Crippen LogP contribution in [0.5, 0.6) is 0 Å². The van der Waals surface area contributed by atoms with Gasteiger partial charge in [-0.05, 0) is 58.8 Å². The summed E-state index contributed by atoms with van der Waals surface area (Å²) in [6.45, 7) is 14.6. The smallest absolute Gasteiger partial charge is 0.0887 e. The second-order valence-electron chi connectivity index (χ2n) is 7.36. The van der Waals surface area contributed by atoms with Gasteiger partial charge >= 0.3 is 0 Å². The monoisotopic (exact) mass is 265 g/mol. The van der Waals surface area contributed by atoms with Crippen molar-refractivity contribution >= 4 is 0 Å². The first-order chi connectivity index (χ1) is 8.85. The third-order valence-corrected chi connectivity index (χ3v) is 5.04. The molecule has 110 valence electrons. The van der Waals surface area contributed by atoms with Crippen molar-refractivity contribution in [2.45, 2.75) is 72.4 Å². The molecule has 4 atom stereocenters. The summed E-state index contributed by atoms with van der Waals surface area (Å²) >= 11 is 0. The fraction of sp³-hybridized carbons (Fsp3) is 0.882. The number of hydrogen-bond donors (Lipinski definition) is 0. The minimum atomic E-state index is 0.0125. The molecule has 1 saturated heterocycles. The minimum absolute atomic E-state index is 0.0125.